The van der Waals surface area contributed by atoms with Crippen molar-refractivity contribution in [3.05, 3.63) is 11.1 Å². The summed E-state index contributed by atoms with van der Waals surface area (Å²) >= 11 is -5.47. The monoisotopic (exact) mass is 612 g/mol. The maximum absolute atomic E-state index is 12.9. The molecule has 0 radical (unpaired) electrons. The third-order valence-corrected chi connectivity index (χ3v) is 25.3. The van der Waals surface area contributed by atoms with E-state index in [9.17, 15) is 9.59 Å². The summed E-state index contributed by atoms with van der Waals surface area (Å²) in [7, 11) is 0. The Morgan fingerprint density at radius 2 is 0.679 bits per heavy atom. The predicted octanol–water partition coefficient (Wildman–Crippen LogP) is 6.06. The van der Waals surface area contributed by atoms with Crippen molar-refractivity contribution >= 4 is 52.3 Å². The van der Waals surface area contributed by atoms with Gasteiger partial charge in [-0.1, -0.05) is 0 Å². The van der Waals surface area contributed by atoms with Crippen LogP contribution >= 0.6 is 0 Å². The van der Waals surface area contributed by atoms with Crippen LogP contribution in [0, 0.1) is 0 Å². The number of hydrogen-bond acceptors (Lipinski definition) is 4. The molecule has 0 N–H and O–H groups in total. The van der Waals surface area contributed by atoms with Gasteiger partial charge in [-0.2, -0.15) is 0 Å². The quantitative estimate of drug-likeness (QED) is 0.287. The van der Waals surface area contributed by atoms with Gasteiger partial charge in [-0.05, 0) is 0 Å². The van der Waals surface area contributed by atoms with Crippen LogP contribution in [0.1, 0.15) is 96.9 Å². The molecule has 28 heavy (non-hydrogen) atoms. The zero-order chi connectivity index (χ0) is 22.9. The summed E-state index contributed by atoms with van der Waals surface area (Å²) < 4.78 is 12.2. The molecule has 0 aliphatic carbocycles. The molecule has 0 unspecified atom stereocenters. The van der Waals surface area contributed by atoms with Gasteiger partial charge >= 0.3 is 190 Å². The molecule has 4 nitrogen and oxygen atoms in total. The van der Waals surface area contributed by atoms with Crippen molar-refractivity contribution < 1.29 is 15.7 Å². The number of carbonyl (C=O) groups excluding carboxylic acids is 2. The Bertz CT molecular complexity index is 526. The van der Waals surface area contributed by atoms with Crippen molar-refractivity contribution in [2.45, 2.75) is 111 Å². The molecule has 0 rings (SSSR count). The molecule has 0 amide bonds. The van der Waals surface area contributed by atoms with Crippen LogP contribution in [0.4, 0.5) is 0 Å². The van der Waals surface area contributed by atoms with E-state index >= 15 is 0 Å². The summed E-state index contributed by atoms with van der Waals surface area (Å²) in [4.78, 5) is 25.7. The van der Waals surface area contributed by atoms with Crippen molar-refractivity contribution in [3.8, 4) is 0 Å². The van der Waals surface area contributed by atoms with Gasteiger partial charge in [0.05, 0.1) is 0 Å². The third-order valence-electron chi connectivity index (χ3n) is 4.77. The molecule has 164 valence electrons. The van der Waals surface area contributed by atoms with E-state index in [4.69, 9.17) is 6.15 Å². The van der Waals surface area contributed by atoms with E-state index in [0.29, 0.717) is 11.1 Å². The molecule has 0 saturated carbocycles. The third kappa shape index (κ3) is 8.56. The Labute approximate surface area is 188 Å². The molecule has 0 aliphatic rings. The molecule has 0 aromatic heterocycles. The molecule has 0 saturated heterocycles. The van der Waals surface area contributed by atoms with Crippen molar-refractivity contribution in [2.24, 2.45) is 0 Å². The molecular formula is C22H44O4Sn2. The molecule has 0 atom stereocenters. The van der Waals surface area contributed by atoms with E-state index in [-0.39, 0.29) is 25.7 Å². The SMILES string of the molecule is C/C(C(=O)[O][SnH]([C](C)(C)C)[C](C)(C)C)=C(\C)C(=O)[O][SnH]([C](C)(C)C)[C](C)(C)C. The van der Waals surface area contributed by atoms with Crippen LogP contribution in [0.3, 0.4) is 0 Å². The fourth-order valence-corrected chi connectivity index (χ4v) is 25.1. The number of carbonyl (C=O) groups is 2. The van der Waals surface area contributed by atoms with Gasteiger partial charge in [-0.25, -0.2) is 0 Å². The van der Waals surface area contributed by atoms with E-state index in [1.54, 1.807) is 13.8 Å². The van der Waals surface area contributed by atoms with Gasteiger partial charge in [-0.15, -0.1) is 0 Å². The maximum atomic E-state index is 12.9. The average molecular weight is 610 g/mol. The summed E-state index contributed by atoms with van der Waals surface area (Å²) in [6, 6.07) is 0. The molecule has 0 aromatic carbocycles. The van der Waals surface area contributed by atoms with Crippen LogP contribution in [0.25, 0.3) is 0 Å². The van der Waals surface area contributed by atoms with Crippen LogP contribution in [-0.4, -0.2) is 52.3 Å². The molecular weight excluding hydrogens is 566 g/mol. The van der Waals surface area contributed by atoms with Gasteiger partial charge in [0, 0.05) is 0 Å². The standard InChI is InChI=1S/C6H8O4.4C4H9.2Sn.2H/c1-3(5(7)8)4(2)6(9)10;4*1-4(2)3;;;;/h1-2H3,(H,7,8)(H,9,10);4*1-3H3;;;;/q;;;;;2*+1;;/p-2/b4-3-;;;;;;;;. The second kappa shape index (κ2) is 9.61. The minimum atomic E-state index is -2.74. The van der Waals surface area contributed by atoms with E-state index in [1.165, 1.54) is 0 Å². The molecule has 0 aliphatic heterocycles. The van der Waals surface area contributed by atoms with Crippen molar-refractivity contribution in [2.75, 3.05) is 0 Å². The summed E-state index contributed by atoms with van der Waals surface area (Å²) in [6.45, 7) is 29.2. The zero-order valence-electron chi connectivity index (χ0n) is 20.8. The van der Waals surface area contributed by atoms with Crippen molar-refractivity contribution in [1.29, 1.82) is 0 Å². The van der Waals surface area contributed by atoms with Crippen LogP contribution in [0.5, 0.6) is 0 Å². The Balaban J connectivity index is 5.65. The van der Waals surface area contributed by atoms with Gasteiger partial charge in [0.15, 0.2) is 0 Å². The van der Waals surface area contributed by atoms with Crippen molar-refractivity contribution in [3.63, 3.8) is 0 Å². The minimum absolute atomic E-state index is 0.00427. The molecule has 0 aromatic rings. The number of rotatable bonds is 4. The molecule has 0 heterocycles. The van der Waals surface area contributed by atoms with Gasteiger partial charge < -0.3 is 0 Å². The van der Waals surface area contributed by atoms with Crippen LogP contribution in [0.2, 0.25) is 13.7 Å². The Morgan fingerprint density at radius 1 is 0.500 bits per heavy atom. The fourth-order valence-electron chi connectivity index (χ4n) is 4.00. The second-order valence-corrected chi connectivity index (χ2v) is 37.7. The molecule has 6 heteroatoms. The zero-order valence-corrected chi connectivity index (χ0v) is 27.4. The summed E-state index contributed by atoms with van der Waals surface area (Å²) in [5, 5.41) is 0. The van der Waals surface area contributed by atoms with E-state index in [2.05, 4.69) is 83.1 Å². The van der Waals surface area contributed by atoms with Gasteiger partial charge in [-0.3, -0.25) is 0 Å². The molecule has 0 spiro atoms. The summed E-state index contributed by atoms with van der Waals surface area (Å²) in [5.74, 6) is -0.697. The van der Waals surface area contributed by atoms with E-state index < -0.39 is 40.3 Å². The normalized spacial score (nSPS) is 14.9. The van der Waals surface area contributed by atoms with Gasteiger partial charge in [0.1, 0.15) is 0 Å². The van der Waals surface area contributed by atoms with Crippen LogP contribution in [0.15, 0.2) is 11.1 Å². The van der Waals surface area contributed by atoms with E-state index in [0.717, 1.165) is 0 Å². The Morgan fingerprint density at radius 3 is 0.821 bits per heavy atom. The van der Waals surface area contributed by atoms with Crippen molar-refractivity contribution in [1.82, 2.24) is 0 Å². The van der Waals surface area contributed by atoms with Gasteiger partial charge in [0.2, 0.25) is 0 Å². The Hall–Kier alpha value is 0.277. The first-order chi connectivity index (χ1) is 12.1. The van der Waals surface area contributed by atoms with Crippen LogP contribution < -0.4 is 0 Å². The number of hydrogen-bond donors (Lipinski definition) is 0. The first-order valence-electron chi connectivity index (χ1n) is 10.2. The Kier molecular flexibility index (Phi) is 9.70. The van der Waals surface area contributed by atoms with Gasteiger partial charge in [0.25, 0.3) is 0 Å². The topological polar surface area (TPSA) is 52.6 Å². The fraction of sp³-hybridized carbons (Fsp3) is 0.818. The summed E-state index contributed by atoms with van der Waals surface area (Å²) in [5.41, 5.74) is 0.765. The molecule has 0 bridgehead atoms. The molecule has 0 fully saturated rings. The second-order valence-electron chi connectivity index (χ2n) is 12.3. The predicted molar refractivity (Wildman–Crippen MR) is 124 cm³/mol. The first-order valence-corrected chi connectivity index (χ1v) is 19.5. The summed E-state index contributed by atoms with van der Waals surface area (Å²) in [6.07, 6.45) is 0. The van der Waals surface area contributed by atoms with E-state index in [1.807, 2.05) is 0 Å². The first kappa shape index (κ1) is 28.3. The average Bonchev–Trinajstić information content (AvgIpc) is 2.43. The van der Waals surface area contributed by atoms with Crippen LogP contribution in [-0.2, 0) is 15.7 Å².